The Labute approximate surface area is 151 Å². The lowest BCUT2D eigenvalue weighted by Crippen LogP contribution is -2.09. The van der Waals surface area contributed by atoms with Gasteiger partial charge in [0.1, 0.15) is 5.75 Å². The van der Waals surface area contributed by atoms with Crippen LogP contribution >= 0.6 is 0 Å². The molecule has 1 aromatic heterocycles. The van der Waals surface area contributed by atoms with Crippen LogP contribution in [0.25, 0.3) is 5.69 Å². The van der Waals surface area contributed by atoms with Gasteiger partial charge in [-0.05, 0) is 68.4 Å². The summed E-state index contributed by atoms with van der Waals surface area (Å²) in [6.07, 6.45) is 0. The maximum atomic E-state index is 12.3. The van der Waals surface area contributed by atoms with Gasteiger partial charge in [-0.2, -0.15) is 5.10 Å². The van der Waals surface area contributed by atoms with E-state index in [9.17, 15) is 9.59 Å². The predicted molar refractivity (Wildman–Crippen MR) is 95.8 cm³/mol. The molecule has 0 saturated heterocycles. The number of esters is 2. The Kier molecular flexibility index (Phi) is 4.84. The molecule has 0 spiro atoms. The van der Waals surface area contributed by atoms with Crippen LogP contribution in [0.3, 0.4) is 0 Å². The average molecular weight is 350 g/mol. The summed E-state index contributed by atoms with van der Waals surface area (Å²) in [6, 6.07) is 15.2. The van der Waals surface area contributed by atoms with Gasteiger partial charge in [-0.1, -0.05) is 0 Å². The molecule has 132 valence electrons. The molecule has 3 rings (SSSR count). The molecule has 1 heterocycles. The Bertz CT molecular complexity index is 941. The largest absolute Gasteiger partial charge is 0.465 e. The van der Waals surface area contributed by atoms with Crippen molar-refractivity contribution < 1.29 is 19.1 Å². The van der Waals surface area contributed by atoms with E-state index >= 15 is 0 Å². The minimum absolute atomic E-state index is 0.352. The number of methoxy groups -OCH3 is 1. The summed E-state index contributed by atoms with van der Waals surface area (Å²) >= 11 is 0. The Balaban J connectivity index is 1.72. The zero-order valence-electron chi connectivity index (χ0n) is 14.7. The van der Waals surface area contributed by atoms with Gasteiger partial charge in [-0.15, -0.1) is 0 Å². The first-order chi connectivity index (χ1) is 12.5. The molecule has 0 amide bonds. The predicted octanol–water partition coefficient (Wildman–Crippen LogP) is 3.49. The van der Waals surface area contributed by atoms with Crippen LogP contribution in [-0.4, -0.2) is 28.8 Å². The van der Waals surface area contributed by atoms with Crippen molar-refractivity contribution in [1.29, 1.82) is 0 Å². The third kappa shape index (κ3) is 3.64. The van der Waals surface area contributed by atoms with Gasteiger partial charge in [0.2, 0.25) is 0 Å². The van der Waals surface area contributed by atoms with Gasteiger partial charge in [-0.3, -0.25) is 0 Å². The molecule has 0 unspecified atom stereocenters. The van der Waals surface area contributed by atoms with E-state index in [-0.39, 0.29) is 0 Å². The highest BCUT2D eigenvalue weighted by Gasteiger charge is 2.11. The van der Waals surface area contributed by atoms with E-state index in [1.165, 1.54) is 7.11 Å². The fourth-order valence-corrected chi connectivity index (χ4v) is 2.57. The maximum Gasteiger partial charge on any atom is 0.343 e. The van der Waals surface area contributed by atoms with Crippen molar-refractivity contribution in [3.8, 4) is 11.4 Å². The van der Waals surface area contributed by atoms with Gasteiger partial charge >= 0.3 is 11.9 Å². The van der Waals surface area contributed by atoms with E-state index in [4.69, 9.17) is 4.74 Å². The second-order valence-electron chi connectivity index (χ2n) is 5.79. The molecule has 3 aromatic rings. The van der Waals surface area contributed by atoms with Crippen molar-refractivity contribution in [3.05, 3.63) is 77.1 Å². The summed E-state index contributed by atoms with van der Waals surface area (Å²) in [5, 5.41) is 4.41. The first-order valence-electron chi connectivity index (χ1n) is 8.02. The third-order valence-corrected chi connectivity index (χ3v) is 3.84. The van der Waals surface area contributed by atoms with Crippen molar-refractivity contribution in [2.75, 3.05) is 7.11 Å². The fraction of sp³-hybridized carbons (Fsp3) is 0.150. The number of nitrogens with zero attached hydrogens (tertiary/aromatic N) is 2. The minimum atomic E-state index is -0.476. The monoisotopic (exact) mass is 350 g/mol. The number of rotatable bonds is 4. The van der Waals surface area contributed by atoms with Gasteiger partial charge in [0.25, 0.3) is 0 Å². The van der Waals surface area contributed by atoms with Crippen LogP contribution in [-0.2, 0) is 4.74 Å². The summed E-state index contributed by atoms with van der Waals surface area (Å²) in [6.45, 7) is 3.90. The Hall–Kier alpha value is -3.41. The lowest BCUT2D eigenvalue weighted by molar-refractivity contribution is 0.0600. The normalized spacial score (nSPS) is 10.4. The van der Waals surface area contributed by atoms with E-state index in [1.807, 2.05) is 36.7 Å². The van der Waals surface area contributed by atoms with Crippen LogP contribution in [0.5, 0.6) is 5.75 Å². The topological polar surface area (TPSA) is 70.4 Å². The standard InChI is InChI=1S/C20H18N2O4/c1-13-12-14(2)22(21-13)17-8-4-16(5-9-17)20(24)26-18-10-6-15(7-11-18)19(23)25-3/h4-12H,1-3H3. The number of hydrogen-bond donors (Lipinski definition) is 0. The fourth-order valence-electron chi connectivity index (χ4n) is 2.57. The van der Waals surface area contributed by atoms with Crippen LogP contribution in [0.4, 0.5) is 0 Å². The van der Waals surface area contributed by atoms with Crippen molar-refractivity contribution >= 4 is 11.9 Å². The minimum Gasteiger partial charge on any atom is -0.465 e. The van der Waals surface area contributed by atoms with E-state index in [1.54, 1.807) is 36.4 Å². The molecule has 6 nitrogen and oxygen atoms in total. The Morgan fingerprint density at radius 1 is 0.885 bits per heavy atom. The summed E-state index contributed by atoms with van der Waals surface area (Å²) in [4.78, 5) is 23.7. The SMILES string of the molecule is COC(=O)c1ccc(OC(=O)c2ccc(-n3nc(C)cc3C)cc2)cc1. The van der Waals surface area contributed by atoms with Gasteiger partial charge in [0.05, 0.1) is 29.6 Å². The number of hydrogen-bond acceptors (Lipinski definition) is 5. The van der Waals surface area contributed by atoms with E-state index < -0.39 is 11.9 Å². The van der Waals surface area contributed by atoms with E-state index in [0.29, 0.717) is 16.9 Å². The number of aromatic nitrogens is 2. The molecule has 0 saturated carbocycles. The van der Waals surface area contributed by atoms with Crippen LogP contribution in [0.1, 0.15) is 32.1 Å². The molecule has 0 bridgehead atoms. The molecular formula is C20H18N2O4. The molecule has 26 heavy (non-hydrogen) atoms. The second-order valence-corrected chi connectivity index (χ2v) is 5.79. The smallest absolute Gasteiger partial charge is 0.343 e. The average Bonchev–Trinajstić information content (AvgIpc) is 3.00. The number of carbonyl (C=O) groups is 2. The molecule has 0 radical (unpaired) electrons. The number of carbonyl (C=O) groups excluding carboxylic acids is 2. The zero-order valence-corrected chi connectivity index (χ0v) is 14.7. The number of benzene rings is 2. The van der Waals surface area contributed by atoms with Crippen molar-refractivity contribution in [3.63, 3.8) is 0 Å². The highest BCUT2D eigenvalue weighted by atomic mass is 16.5. The second kappa shape index (κ2) is 7.23. The zero-order chi connectivity index (χ0) is 18.7. The lowest BCUT2D eigenvalue weighted by Gasteiger charge is -2.07. The molecule has 0 aliphatic carbocycles. The Morgan fingerprint density at radius 2 is 1.46 bits per heavy atom. The summed E-state index contributed by atoms with van der Waals surface area (Å²) in [5.41, 5.74) is 3.63. The maximum absolute atomic E-state index is 12.3. The van der Waals surface area contributed by atoms with Gasteiger partial charge in [0.15, 0.2) is 0 Å². The van der Waals surface area contributed by atoms with Crippen LogP contribution in [0.2, 0.25) is 0 Å². The highest BCUT2D eigenvalue weighted by molar-refractivity contribution is 5.92. The lowest BCUT2D eigenvalue weighted by atomic mass is 10.2. The van der Waals surface area contributed by atoms with Gasteiger partial charge in [0, 0.05) is 5.69 Å². The number of aryl methyl sites for hydroxylation is 2. The van der Waals surface area contributed by atoms with Crippen LogP contribution in [0.15, 0.2) is 54.6 Å². The summed E-state index contributed by atoms with van der Waals surface area (Å²) in [5.74, 6) is -0.566. The van der Waals surface area contributed by atoms with E-state index in [2.05, 4.69) is 9.84 Å². The summed E-state index contributed by atoms with van der Waals surface area (Å²) < 4.78 is 11.8. The Morgan fingerprint density at radius 3 is 2.00 bits per heavy atom. The first-order valence-corrected chi connectivity index (χ1v) is 8.02. The molecule has 0 atom stereocenters. The molecule has 0 fully saturated rings. The molecule has 6 heteroatoms. The quantitative estimate of drug-likeness (QED) is 0.532. The van der Waals surface area contributed by atoms with Crippen molar-refractivity contribution in [1.82, 2.24) is 9.78 Å². The van der Waals surface area contributed by atoms with Crippen LogP contribution in [0, 0.1) is 13.8 Å². The molecule has 2 aromatic carbocycles. The van der Waals surface area contributed by atoms with Gasteiger partial charge < -0.3 is 9.47 Å². The number of ether oxygens (including phenoxy) is 2. The molecule has 0 aliphatic rings. The molecular weight excluding hydrogens is 332 g/mol. The first kappa shape index (κ1) is 17.4. The van der Waals surface area contributed by atoms with Crippen molar-refractivity contribution in [2.45, 2.75) is 13.8 Å². The van der Waals surface area contributed by atoms with Crippen molar-refractivity contribution in [2.24, 2.45) is 0 Å². The third-order valence-electron chi connectivity index (χ3n) is 3.84. The highest BCUT2D eigenvalue weighted by Crippen LogP contribution is 2.17. The molecule has 0 N–H and O–H groups in total. The summed E-state index contributed by atoms with van der Waals surface area (Å²) in [7, 11) is 1.31. The van der Waals surface area contributed by atoms with Crippen LogP contribution < -0.4 is 4.74 Å². The van der Waals surface area contributed by atoms with Gasteiger partial charge in [-0.25, -0.2) is 14.3 Å². The van der Waals surface area contributed by atoms with E-state index in [0.717, 1.165) is 17.1 Å². The molecule has 0 aliphatic heterocycles.